The van der Waals surface area contributed by atoms with E-state index in [4.69, 9.17) is 4.74 Å². The molecule has 18 heavy (non-hydrogen) atoms. The number of carbonyl (C=O) groups excluding carboxylic acids is 1. The van der Waals surface area contributed by atoms with Crippen molar-refractivity contribution in [1.82, 2.24) is 15.6 Å². The van der Waals surface area contributed by atoms with E-state index in [1.54, 1.807) is 13.3 Å². The molecule has 0 bridgehead atoms. The van der Waals surface area contributed by atoms with E-state index in [1.165, 1.54) is 0 Å². The molecule has 1 amide bonds. The Morgan fingerprint density at radius 2 is 2.28 bits per heavy atom. The first-order valence-corrected chi connectivity index (χ1v) is 6.19. The fraction of sp³-hybridized carbons (Fsp3) is 0.538. The van der Waals surface area contributed by atoms with Crippen LogP contribution in [0.25, 0.3) is 0 Å². The third-order valence-corrected chi connectivity index (χ3v) is 2.42. The van der Waals surface area contributed by atoms with Gasteiger partial charge in [0.1, 0.15) is 0 Å². The molecular weight excluding hydrogens is 230 g/mol. The van der Waals surface area contributed by atoms with E-state index in [0.717, 1.165) is 25.3 Å². The second kappa shape index (κ2) is 9.56. The highest BCUT2D eigenvalue weighted by Crippen LogP contribution is 1.92. The van der Waals surface area contributed by atoms with Crippen LogP contribution in [0.5, 0.6) is 0 Å². The van der Waals surface area contributed by atoms with Crippen molar-refractivity contribution in [1.29, 1.82) is 0 Å². The Balaban J connectivity index is 2.01. The average Bonchev–Trinajstić information content (AvgIpc) is 2.41. The molecule has 1 aromatic heterocycles. The summed E-state index contributed by atoms with van der Waals surface area (Å²) in [6.45, 7) is 2.81. The van der Waals surface area contributed by atoms with Crippen molar-refractivity contribution in [3.8, 4) is 0 Å². The summed E-state index contributed by atoms with van der Waals surface area (Å²) in [5, 5.41) is 6.03. The van der Waals surface area contributed by atoms with Crippen molar-refractivity contribution in [3.05, 3.63) is 30.1 Å². The highest BCUT2D eigenvalue weighted by molar-refractivity contribution is 5.75. The molecule has 0 aliphatic rings. The van der Waals surface area contributed by atoms with Crippen LogP contribution in [0.1, 0.15) is 18.5 Å². The van der Waals surface area contributed by atoms with Crippen LogP contribution >= 0.6 is 0 Å². The molecule has 100 valence electrons. The van der Waals surface area contributed by atoms with Crippen molar-refractivity contribution in [2.75, 3.05) is 26.8 Å². The lowest BCUT2D eigenvalue weighted by atomic mass is 10.3. The van der Waals surface area contributed by atoms with Crippen LogP contribution in [-0.2, 0) is 16.1 Å². The number of methoxy groups -OCH3 is 1. The van der Waals surface area contributed by atoms with Crippen molar-refractivity contribution in [3.63, 3.8) is 0 Å². The minimum Gasteiger partial charge on any atom is -0.385 e. The zero-order valence-electron chi connectivity index (χ0n) is 10.8. The fourth-order valence-corrected chi connectivity index (χ4v) is 1.45. The van der Waals surface area contributed by atoms with E-state index in [2.05, 4.69) is 15.6 Å². The van der Waals surface area contributed by atoms with Crippen LogP contribution in [0, 0.1) is 0 Å². The number of nitrogens with zero attached hydrogens (tertiary/aromatic N) is 1. The third kappa shape index (κ3) is 6.98. The Kier molecular flexibility index (Phi) is 7.75. The number of hydrogen-bond acceptors (Lipinski definition) is 4. The third-order valence-electron chi connectivity index (χ3n) is 2.42. The summed E-state index contributed by atoms with van der Waals surface area (Å²) < 4.78 is 4.93. The van der Waals surface area contributed by atoms with Gasteiger partial charge < -0.3 is 15.4 Å². The van der Waals surface area contributed by atoms with Gasteiger partial charge in [0.2, 0.25) is 5.91 Å². The van der Waals surface area contributed by atoms with Gasteiger partial charge in [0.15, 0.2) is 0 Å². The summed E-state index contributed by atoms with van der Waals surface area (Å²) in [5.41, 5.74) is 0.874. The van der Waals surface area contributed by atoms with Crippen LogP contribution in [-0.4, -0.2) is 37.7 Å². The summed E-state index contributed by atoms with van der Waals surface area (Å²) in [4.78, 5) is 15.6. The molecule has 0 spiro atoms. The zero-order chi connectivity index (χ0) is 13.1. The van der Waals surface area contributed by atoms with E-state index in [1.807, 2.05) is 18.2 Å². The normalized spacial score (nSPS) is 10.3. The molecule has 0 aliphatic carbocycles. The van der Waals surface area contributed by atoms with Gasteiger partial charge in [-0.05, 0) is 25.1 Å². The number of aromatic nitrogens is 1. The summed E-state index contributed by atoms with van der Waals surface area (Å²) in [6.07, 6.45) is 3.17. The largest absolute Gasteiger partial charge is 0.385 e. The summed E-state index contributed by atoms with van der Waals surface area (Å²) in [7, 11) is 1.69. The van der Waals surface area contributed by atoms with Gasteiger partial charge in [-0.1, -0.05) is 6.07 Å². The van der Waals surface area contributed by atoms with E-state index < -0.39 is 0 Å². The van der Waals surface area contributed by atoms with Gasteiger partial charge in [0.25, 0.3) is 0 Å². The van der Waals surface area contributed by atoms with Gasteiger partial charge in [-0.25, -0.2) is 0 Å². The molecule has 0 aromatic carbocycles. The molecule has 0 unspecified atom stereocenters. The van der Waals surface area contributed by atoms with Gasteiger partial charge in [-0.15, -0.1) is 0 Å². The van der Waals surface area contributed by atoms with E-state index >= 15 is 0 Å². The molecule has 5 nitrogen and oxygen atoms in total. The van der Waals surface area contributed by atoms with Crippen molar-refractivity contribution < 1.29 is 9.53 Å². The lowest BCUT2D eigenvalue weighted by Gasteiger charge is -2.06. The topological polar surface area (TPSA) is 63.2 Å². The zero-order valence-corrected chi connectivity index (χ0v) is 10.8. The van der Waals surface area contributed by atoms with Gasteiger partial charge in [0.05, 0.1) is 12.2 Å². The number of amides is 1. The van der Waals surface area contributed by atoms with Crippen molar-refractivity contribution >= 4 is 5.91 Å². The molecule has 0 radical (unpaired) electrons. The first kappa shape index (κ1) is 14.6. The smallest absolute Gasteiger partial charge is 0.221 e. The molecule has 0 atom stereocenters. The molecule has 0 saturated carbocycles. The maximum absolute atomic E-state index is 11.5. The second-order valence-corrected chi connectivity index (χ2v) is 3.94. The van der Waals surface area contributed by atoms with E-state index in [9.17, 15) is 4.79 Å². The molecular formula is C13H21N3O2. The molecule has 5 heteroatoms. The van der Waals surface area contributed by atoms with E-state index in [0.29, 0.717) is 19.5 Å². The van der Waals surface area contributed by atoms with Crippen molar-refractivity contribution in [2.24, 2.45) is 0 Å². The Hall–Kier alpha value is -1.46. The Labute approximate surface area is 108 Å². The van der Waals surface area contributed by atoms with Crippen LogP contribution in [0.2, 0.25) is 0 Å². The number of carbonyl (C=O) groups is 1. The SMILES string of the molecule is COCCCNCCC(=O)NCc1ccccn1. The maximum Gasteiger partial charge on any atom is 0.221 e. The fourth-order valence-electron chi connectivity index (χ4n) is 1.45. The van der Waals surface area contributed by atoms with E-state index in [-0.39, 0.29) is 5.91 Å². The highest BCUT2D eigenvalue weighted by Gasteiger charge is 2.00. The monoisotopic (exact) mass is 251 g/mol. The quantitative estimate of drug-likeness (QED) is 0.635. The molecule has 0 aliphatic heterocycles. The summed E-state index contributed by atoms with van der Waals surface area (Å²) >= 11 is 0. The number of hydrogen-bond donors (Lipinski definition) is 2. The van der Waals surface area contributed by atoms with Crippen LogP contribution in [0.4, 0.5) is 0 Å². The molecule has 0 fully saturated rings. The standard InChI is InChI=1S/C13H21N3O2/c1-18-10-4-7-14-9-6-13(17)16-11-12-5-2-3-8-15-12/h2-3,5,8,14H,4,6-7,9-11H2,1H3,(H,16,17). The maximum atomic E-state index is 11.5. The number of nitrogens with one attached hydrogen (secondary N) is 2. The van der Waals surface area contributed by atoms with Crippen LogP contribution < -0.4 is 10.6 Å². The molecule has 1 heterocycles. The predicted molar refractivity (Wildman–Crippen MR) is 70.1 cm³/mol. The number of rotatable bonds is 9. The average molecular weight is 251 g/mol. The summed E-state index contributed by atoms with van der Waals surface area (Å²) in [6, 6.07) is 5.66. The highest BCUT2D eigenvalue weighted by atomic mass is 16.5. The Morgan fingerprint density at radius 3 is 3.00 bits per heavy atom. The summed E-state index contributed by atoms with van der Waals surface area (Å²) in [5.74, 6) is 0.0416. The lowest BCUT2D eigenvalue weighted by Crippen LogP contribution is -2.28. The van der Waals surface area contributed by atoms with Gasteiger partial charge >= 0.3 is 0 Å². The minimum absolute atomic E-state index is 0.0416. The molecule has 2 N–H and O–H groups in total. The molecule has 1 rings (SSSR count). The second-order valence-electron chi connectivity index (χ2n) is 3.94. The Morgan fingerprint density at radius 1 is 1.39 bits per heavy atom. The minimum atomic E-state index is 0.0416. The first-order chi connectivity index (χ1) is 8.83. The van der Waals surface area contributed by atoms with Crippen LogP contribution in [0.3, 0.4) is 0 Å². The lowest BCUT2D eigenvalue weighted by molar-refractivity contribution is -0.121. The van der Waals surface area contributed by atoms with Gasteiger partial charge in [-0.3, -0.25) is 9.78 Å². The number of ether oxygens (including phenoxy) is 1. The van der Waals surface area contributed by atoms with Crippen molar-refractivity contribution in [2.45, 2.75) is 19.4 Å². The van der Waals surface area contributed by atoms with Gasteiger partial charge in [0, 0.05) is 32.9 Å². The molecule has 0 saturated heterocycles. The first-order valence-electron chi connectivity index (χ1n) is 6.19. The van der Waals surface area contributed by atoms with Gasteiger partial charge in [-0.2, -0.15) is 0 Å². The van der Waals surface area contributed by atoms with Crippen LogP contribution in [0.15, 0.2) is 24.4 Å². The predicted octanol–water partition coefficient (Wildman–Crippen LogP) is 0.714. The Bertz CT molecular complexity index is 330. The molecule has 1 aromatic rings. The number of pyridine rings is 1.